The lowest BCUT2D eigenvalue weighted by atomic mass is 9.89. The summed E-state index contributed by atoms with van der Waals surface area (Å²) in [5, 5.41) is 5.80. The van der Waals surface area contributed by atoms with E-state index in [0.29, 0.717) is 18.9 Å². The van der Waals surface area contributed by atoms with Gasteiger partial charge in [0.15, 0.2) is 0 Å². The topological polar surface area (TPSA) is 70.7 Å². The van der Waals surface area contributed by atoms with Crippen molar-refractivity contribution in [3.8, 4) is 5.75 Å². The van der Waals surface area contributed by atoms with E-state index in [1.165, 1.54) is 32.1 Å². The number of urea groups is 1. The number of carbonyl (C=O) groups excluding carboxylic acids is 2. The Morgan fingerprint density at radius 2 is 2.04 bits per heavy atom. The predicted octanol–water partition coefficient (Wildman–Crippen LogP) is 3.31. The lowest BCUT2D eigenvalue weighted by Crippen LogP contribution is -2.40. The van der Waals surface area contributed by atoms with Crippen molar-refractivity contribution in [3.63, 3.8) is 0 Å². The number of ether oxygens (including phenoxy) is 1. The number of hydrogen-bond donors (Lipinski definition) is 2. The molecule has 0 bridgehead atoms. The largest absolute Gasteiger partial charge is 0.497 e. The lowest BCUT2D eigenvalue weighted by molar-refractivity contribution is -0.128. The normalized spacial score (nSPS) is 20.9. The Balaban J connectivity index is 1.49. The summed E-state index contributed by atoms with van der Waals surface area (Å²) in [6.45, 7) is 3.38. The summed E-state index contributed by atoms with van der Waals surface area (Å²) in [7, 11) is 1.62. The number of aryl methyl sites for hydroxylation is 1. The van der Waals surface area contributed by atoms with Crippen LogP contribution in [0.4, 0.5) is 10.5 Å². The highest BCUT2D eigenvalue weighted by Crippen LogP contribution is 2.26. The van der Waals surface area contributed by atoms with Crippen LogP contribution in [-0.2, 0) is 4.79 Å². The van der Waals surface area contributed by atoms with Gasteiger partial charge in [-0.3, -0.25) is 4.79 Å². The quantitative estimate of drug-likeness (QED) is 0.847. The Kier molecular flexibility index (Phi) is 6.01. The van der Waals surface area contributed by atoms with Gasteiger partial charge in [-0.1, -0.05) is 19.3 Å². The summed E-state index contributed by atoms with van der Waals surface area (Å²) >= 11 is 0. The molecule has 1 heterocycles. The zero-order valence-corrected chi connectivity index (χ0v) is 15.7. The Labute approximate surface area is 155 Å². The number of methoxy groups -OCH3 is 1. The lowest BCUT2D eigenvalue weighted by Gasteiger charge is -2.27. The van der Waals surface area contributed by atoms with Gasteiger partial charge in [0, 0.05) is 25.2 Å². The molecule has 142 valence electrons. The molecule has 0 aromatic heterocycles. The van der Waals surface area contributed by atoms with Crippen LogP contribution in [0.1, 0.15) is 44.1 Å². The summed E-state index contributed by atoms with van der Waals surface area (Å²) in [6.07, 6.45) is 6.70. The molecule has 2 fully saturated rings. The van der Waals surface area contributed by atoms with Crippen molar-refractivity contribution in [1.29, 1.82) is 0 Å². The molecule has 1 aromatic carbocycles. The van der Waals surface area contributed by atoms with Crippen LogP contribution in [-0.4, -0.2) is 43.1 Å². The molecule has 1 aromatic rings. The van der Waals surface area contributed by atoms with E-state index in [-0.39, 0.29) is 18.0 Å². The molecule has 1 saturated heterocycles. The van der Waals surface area contributed by atoms with Gasteiger partial charge in [-0.05, 0) is 49.4 Å². The third kappa shape index (κ3) is 4.68. The molecule has 6 heteroatoms. The van der Waals surface area contributed by atoms with Gasteiger partial charge in [0.25, 0.3) is 0 Å². The Morgan fingerprint density at radius 3 is 2.73 bits per heavy atom. The van der Waals surface area contributed by atoms with Gasteiger partial charge in [0.2, 0.25) is 5.91 Å². The second-order valence-corrected chi connectivity index (χ2v) is 7.48. The zero-order chi connectivity index (χ0) is 18.5. The molecule has 1 saturated carbocycles. The van der Waals surface area contributed by atoms with Gasteiger partial charge in [0.05, 0.1) is 13.2 Å². The average Bonchev–Trinajstić information content (AvgIpc) is 2.96. The van der Waals surface area contributed by atoms with Crippen LogP contribution < -0.4 is 15.4 Å². The van der Waals surface area contributed by atoms with Gasteiger partial charge < -0.3 is 20.3 Å². The van der Waals surface area contributed by atoms with E-state index in [4.69, 9.17) is 4.74 Å². The second kappa shape index (κ2) is 8.43. The van der Waals surface area contributed by atoms with Crippen molar-refractivity contribution in [3.05, 3.63) is 23.8 Å². The number of nitrogens with zero attached hydrogens (tertiary/aromatic N) is 1. The highest BCUT2D eigenvalue weighted by atomic mass is 16.5. The highest BCUT2D eigenvalue weighted by molar-refractivity contribution is 5.91. The molecule has 1 aliphatic carbocycles. The monoisotopic (exact) mass is 359 g/mol. The Bertz CT molecular complexity index is 656. The van der Waals surface area contributed by atoms with Gasteiger partial charge in [-0.25, -0.2) is 4.79 Å². The number of likely N-dealkylation sites (tertiary alicyclic amines) is 1. The van der Waals surface area contributed by atoms with Crippen molar-refractivity contribution in [2.45, 2.75) is 51.5 Å². The van der Waals surface area contributed by atoms with E-state index in [1.54, 1.807) is 7.11 Å². The van der Waals surface area contributed by atoms with Crippen LogP contribution in [0.25, 0.3) is 0 Å². The first-order valence-corrected chi connectivity index (χ1v) is 9.55. The zero-order valence-electron chi connectivity index (χ0n) is 15.7. The van der Waals surface area contributed by atoms with Crippen molar-refractivity contribution in [2.24, 2.45) is 5.92 Å². The smallest absolute Gasteiger partial charge is 0.319 e. The van der Waals surface area contributed by atoms with E-state index < -0.39 is 0 Å². The molecular formula is C20H29N3O3. The number of nitrogens with one attached hydrogen (secondary N) is 2. The van der Waals surface area contributed by atoms with Crippen LogP contribution in [0, 0.1) is 12.8 Å². The molecule has 2 aliphatic rings. The molecule has 6 nitrogen and oxygen atoms in total. The average molecular weight is 359 g/mol. The number of rotatable bonds is 5. The molecule has 3 amide bonds. The fraction of sp³-hybridized carbons (Fsp3) is 0.600. The van der Waals surface area contributed by atoms with Gasteiger partial charge in [0.1, 0.15) is 5.75 Å². The molecule has 26 heavy (non-hydrogen) atoms. The van der Waals surface area contributed by atoms with Crippen LogP contribution in [0.2, 0.25) is 0 Å². The first kappa shape index (κ1) is 18.5. The molecule has 3 rings (SSSR count). The van der Waals surface area contributed by atoms with Crippen molar-refractivity contribution in [2.75, 3.05) is 25.5 Å². The number of carbonyl (C=O) groups is 2. The van der Waals surface area contributed by atoms with Gasteiger partial charge in [-0.15, -0.1) is 0 Å². The molecule has 1 aliphatic heterocycles. The van der Waals surface area contributed by atoms with E-state index in [2.05, 4.69) is 10.6 Å². The number of anilines is 1. The SMILES string of the molecule is COc1ccc(NC(=O)N[C@H]2CC(=O)N(CC3CCCCC3)C2)c(C)c1. The standard InChI is InChI=1S/C20H29N3O3/c1-14-10-17(26-2)8-9-18(14)22-20(25)21-16-11-19(24)23(13-16)12-15-6-4-3-5-7-15/h8-10,15-16H,3-7,11-13H2,1-2H3,(H2,21,22,25)/t16-/m0/s1. The van der Waals surface area contributed by atoms with Crippen molar-refractivity contribution >= 4 is 17.6 Å². The number of hydrogen-bond acceptors (Lipinski definition) is 3. The molecule has 0 unspecified atom stereocenters. The molecule has 0 spiro atoms. The van der Waals surface area contributed by atoms with E-state index in [0.717, 1.165) is 23.5 Å². The highest BCUT2D eigenvalue weighted by Gasteiger charge is 2.32. The van der Waals surface area contributed by atoms with E-state index in [1.807, 2.05) is 30.0 Å². The van der Waals surface area contributed by atoms with E-state index in [9.17, 15) is 9.59 Å². The van der Waals surface area contributed by atoms with Gasteiger partial charge in [-0.2, -0.15) is 0 Å². The summed E-state index contributed by atoms with van der Waals surface area (Å²) in [6, 6.07) is 5.12. The minimum absolute atomic E-state index is 0.121. The third-order valence-electron chi connectivity index (χ3n) is 5.43. The minimum Gasteiger partial charge on any atom is -0.497 e. The maximum atomic E-state index is 12.3. The first-order chi connectivity index (χ1) is 12.5. The molecule has 0 radical (unpaired) electrons. The molecule has 2 N–H and O–H groups in total. The summed E-state index contributed by atoms with van der Waals surface area (Å²) in [4.78, 5) is 26.5. The maximum absolute atomic E-state index is 12.3. The van der Waals surface area contributed by atoms with Crippen molar-refractivity contribution < 1.29 is 14.3 Å². The molecule has 1 atom stereocenters. The van der Waals surface area contributed by atoms with E-state index >= 15 is 0 Å². The summed E-state index contributed by atoms with van der Waals surface area (Å²) in [5.74, 6) is 1.54. The Morgan fingerprint density at radius 1 is 1.27 bits per heavy atom. The summed E-state index contributed by atoms with van der Waals surface area (Å²) < 4.78 is 5.18. The van der Waals surface area contributed by atoms with Crippen molar-refractivity contribution in [1.82, 2.24) is 10.2 Å². The molecular weight excluding hydrogens is 330 g/mol. The first-order valence-electron chi connectivity index (χ1n) is 9.55. The second-order valence-electron chi connectivity index (χ2n) is 7.48. The third-order valence-corrected chi connectivity index (χ3v) is 5.43. The van der Waals surface area contributed by atoms with Gasteiger partial charge >= 0.3 is 6.03 Å². The number of amides is 3. The van der Waals surface area contributed by atoms with Crippen LogP contribution in [0.15, 0.2) is 18.2 Å². The number of benzene rings is 1. The van der Waals surface area contributed by atoms with Crippen LogP contribution >= 0.6 is 0 Å². The minimum atomic E-state index is -0.268. The maximum Gasteiger partial charge on any atom is 0.319 e. The fourth-order valence-corrected chi connectivity index (χ4v) is 3.97. The van der Waals surface area contributed by atoms with Crippen LogP contribution in [0.3, 0.4) is 0 Å². The fourth-order valence-electron chi connectivity index (χ4n) is 3.97. The van der Waals surface area contributed by atoms with Crippen LogP contribution in [0.5, 0.6) is 5.75 Å². The summed E-state index contributed by atoms with van der Waals surface area (Å²) in [5.41, 5.74) is 1.67. The Hall–Kier alpha value is -2.24. The predicted molar refractivity (Wildman–Crippen MR) is 101 cm³/mol.